The van der Waals surface area contributed by atoms with Gasteiger partial charge >= 0.3 is 11.7 Å². The molecule has 0 amide bonds. The Morgan fingerprint density at radius 2 is 1.54 bits per heavy atom. The van der Waals surface area contributed by atoms with Gasteiger partial charge in [-0.15, -0.1) is 0 Å². The van der Waals surface area contributed by atoms with E-state index in [0.29, 0.717) is 6.42 Å². The summed E-state index contributed by atoms with van der Waals surface area (Å²) in [4.78, 5) is 29.7. The summed E-state index contributed by atoms with van der Waals surface area (Å²) in [5.41, 5.74) is 4.62. The van der Waals surface area contributed by atoms with Crippen LogP contribution in [0.1, 0.15) is 103 Å². The lowest BCUT2D eigenvalue weighted by Gasteiger charge is -2.21. The fourth-order valence-electron chi connectivity index (χ4n) is 4.55. The lowest BCUT2D eigenvalue weighted by molar-refractivity contribution is -0.137. The number of anilines is 1. The molecule has 0 aromatic carbocycles. The van der Waals surface area contributed by atoms with E-state index in [1.165, 1.54) is 0 Å². The summed E-state index contributed by atoms with van der Waals surface area (Å²) in [6.45, 7) is 0. The second-order valence-corrected chi connectivity index (χ2v) is 9.81. The molecule has 0 spiro atoms. The molecule has 210 valence electrons. The molecule has 11 heteroatoms. The maximum Gasteiger partial charge on any atom is 0.354 e. The summed E-state index contributed by atoms with van der Waals surface area (Å²) in [7, 11) is 0. The van der Waals surface area contributed by atoms with Gasteiger partial charge in [-0.3, -0.25) is 9.36 Å². The van der Waals surface area contributed by atoms with E-state index < -0.39 is 42.3 Å². The molecule has 2 rings (SSSR count). The van der Waals surface area contributed by atoms with E-state index >= 15 is 0 Å². The maximum atomic E-state index is 12.0. The number of aromatic nitrogens is 3. The molecular weight excluding hydrogens is 480 g/mol. The Bertz CT molecular complexity index is 879. The van der Waals surface area contributed by atoms with Crippen molar-refractivity contribution < 1.29 is 30.0 Å². The molecule has 11 nitrogen and oxygen atoms in total. The van der Waals surface area contributed by atoms with Gasteiger partial charge in [-0.25, -0.2) is 9.78 Å². The number of nitrogens with two attached hydrogens (primary N) is 1. The molecule has 0 radical (unpaired) electrons. The van der Waals surface area contributed by atoms with E-state index in [-0.39, 0.29) is 12.4 Å². The summed E-state index contributed by atoms with van der Waals surface area (Å²) >= 11 is 0. The Hall–Kier alpha value is -2.34. The van der Waals surface area contributed by atoms with Crippen LogP contribution < -0.4 is 11.4 Å². The van der Waals surface area contributed by atoms with Crippen molar-refractivity contribution in [3.8, 4) is 0 Å². The van der Waals surface area contributed by atoms with Crippen LogP contribution in [-0.4, -0.2) is 65.3 Å². The highest BCUT2D eigenvalue weighted by Crippen LogP contribution is 2.31. The predicted octanol–water partition coefficient (Wildman–Crippen LogP) is 2.69. The monoisotopic (exact) mass is 524 g/mol. The first-order valence-corrected chi connectivity index (χ1v) is 13.6. The third-order valence-corrected chi connectivity index (χ3v) is 6.72. The number of nitrogen functional groups attached to an aromatic ring is 1. The van der Waals surface area contributed by atoms with Crippen LogP contribution in [0.3, 0.4) is 0 Å². The third kappa shape index (κ3) is 11.3. The minimum Gasteiger partial charge on any atom is -0.481 e. The van der Waals surface area contributed by atoms with Gasteiger partial charge in [0.15, 0.2) is 6.23 Å². The number of aliphatic carboxylic acids is 1. The number of aliphatic hydroxyl groups is 3. The number of hydrogen-bond donors (Lipinski definition) is 5. The first kappa shape index (κ1) is 30.9. The number of allylic oxidation sites excluding steroid dienone is 2. The first-order chi connectivity index (χ1) is 17.8. The lowest BCUT2D eigenvalue weighted by Crippen LogP contribution is -2.39. The average Bonchev–Trinajstić information content (AvgIpc) is 3.15. The predicted molar refractivity (Wildman–Crippen MR) is 139 cm³/mol. The summed E-state index contributed by atoms with van der Waals surface area (Å²) in [5, 5.41) is 39.7. The largest absolute Gasteiger partial charge is 0.481 e. The van der Waals surface area contributed by atoms with Crippen molar-refractivity contribution in [1.82, 2.24) is 14.5 Å². The van der Waals surface area contributed by atoms with Gasteiger partial charge in [-0.2, -0.15) is 4.98 Å². The molecular formula is C26H44N4O7. The van der Waals surface area contributed by atoms with Gasteiger partial charge in [0.1, 0.15) is 24.6 Å². The zero-order chi connectivity index (χ0) is 27.0. The zero-order valence-corrected chi connectivity index (χ0v) is 21.7. The van der Waals surface area contributed by atoms with Crippen LogP contribution in [0.15, 0.2) is 23.3 Å². The van der Waals surface area contributed by atoms with Gasteiger partial charge in [0.05, 0.1) is 6.10 Å². The van der Waals surface area contributed by atoms with E-state index in [1.54, 1.807) is 0 Å². The molecule has 5 atom stereocenters. The number of rotatable bonds is 19. The van der Waals surface area contributed by atoms with E-state index in [4.69, 9.17) is 15.6 Å². The van der Waals surface area contributed by atoms with Crippen molar-refractivity contribution in [2.75, 3.05) is 5.73 Å². The van der Waals surface area contributed by atoms with Crippen molar-refractivity contribution in [2.24, 2.45) is 0 Å². The molecule has 1 aromatic heterocycles. The number of ether oxygens (including phenoxy) is 1. The highest BCUT2D eigenvalue weighted by Gasteiger charge is 2.47. The van der Waals surface area contributed by atoms with Gasteiger partial charge in [0.25, 0.3) is 0 Å². The Labute approximate surface area is 218 Å². The minimum absolute atomic E-state index is 0.197. The molecule has 0 aliphatic carbocycles. The molecule has 1 fully saturated rings. The summed E-state index contributed by atoms with van der Waals surface area (Å²) in [5.74, 6) is -0.905. The summed E-state index contributed by atoms with van der Waals surface area (Å²) in [6.07, 6.45) is 14.0. The first-order valence-electron chi connectivity index (χ1n) is 13.6. The molecule has 1 aliphatic rings. The van der Waals surface area contributed by atoms with Crippen LogP contribution in [0.4, 0.5) is 5.95 Å². The number of carboxylic acids is 1. The number of unbranched alkanes of at least 4 members (excludes halogenated alkanes) is 11. The Morgan fingerprint density at radius 3 is 2.14 bits per heavy atom. The molecule has 0 bridgehead atoms. The molecule has 2 heterocycles. The van der Waals surface area contributed by atoms with Crippen molar-refractivity contribution in [1.29, 1.82) is 0 Å². The Morgan fingerprint density at radius 1 is 0.973 bits per heavy atom. The fraction of sp³-hybridized carbons (Fsp3) is 0.769. The second kappa shape index (κ2) is 17.2. The number of carbonyl (C=O) groups is 1. The smallest absolute Gasteiger partial charge is 0.354 e. The van der Waals surface area contributed by atoms with Crippen LogP contribution in [0, 0.1) is 0 Å². The summed E-state index contributed by atoms with van der Waals surface area (Å²) in [6, 6.07) is 0. The van der Waals surface area contributed by atoms with Crippen molar-refractivity contribution in [3.05, 3.63) is 29.0 Å². The number of carboxylic acid groups (broad SMARTS) is 1. The standard InChI is InChI=1S/C26H44N4O7/c27-25-28-18-30(26(36)29-25)24-22(35)21(34)23(37-24)19(31)16-14-12-10-8-6-4-2-1-3-5-7-9-11-13-15-17-20(32)33/h1,3,18-19,21-24,31,34-35H,2,4-17H2,(H,32,33)(H2,27,29,36)/b3-1-/t19?,21-,22+,23+,24+/m0/s1. The molecule has 1 aliphatic heterocycles. The molecule has 6 N–H and O–H groups in total. The average molecular weight is 525 g/mol. The Kier molecular flexibility index (Phi) is 14.4. The third-order valence-electron chi connectivity index (χ3n) is 6.72. The maximum absolute atomic E-state index is 12.0. The van der Waals surface area contributed by atoms with E-state index in [0.717, 1.165) is 94.4 Å². The highest BCUT2D eigenvalue weighted by atomic mass is 16.6. The topological polar surface area (TPSA) is 181 Å². The highest BCUT2D eigenvalue weighted by molar-refractivity contribution is 5.66. The molecule has 37 heavy (non-hydrogen) atoms. The zero-order valence-electron chi connectivity index (χ0n) is 21.7. The number of nitrogens with zero attached hydrogens (tertiary/aromatic N) is 3. The number of hydrogen-bond acceptors (Lipinski definition) is 9. The van der Waals surface area contributed by atoms with E-state index in [2.05, 4.69) is 22.1 Å². The van der Waals surface area contributed by atoms with E-state index in [9.17, 15) is 24.9 Å². The van der Waals surface area contributed by atoms with Gasteiger partial charge in [-0.1, -0.05) is 63.5 Å². The van der Waals surface area contributed by atoms with Gasteiger partial charge in [0.2, 0.25) is 5.95 Å². The lowest BCUT2D eigenvalue weighted by atomic mass is 9.99. The van der Waals surface area contributed by atoms with Crippen molar-refractivity contribution in [3.63, 3.8) is 0 Å². The molecule has 1 aromatic rings. The van der Waals surface area contributed by atoms with Gasteiger partial charge < -0.3 is 30.9 Å². The van der Waals surface area contributed by atoms with Crippen molar-refractivity contribution >= 4 is 11.9 Å². The van der Waals surface area contributed by atoms with Crippen LogP contribution in [0.5, 0.6) is 0 Å². The minimum atomic E-state index is -1.39. The van der Waals surface area contributed by atoms with Gasteiger partial charge in [-0.05, 0) is 38.5 Å². The quantitative estimate of drug-likeness (QED) is 0.133. The molecule has 0 saturated carbocycles. The van der Waals surface area contributed by atoms with Crippen LogP contribution in [-0.2, 0) is 9.53 Å². The normalized spacial score (nSPS) is 22.6. The molecule has 1 unspecified atom stereocenters. The molecule has 1 saturated heterocycles. The fourth-order valence-corrected chi connectivity index (χ4v) is 4.55. The van der Waals surface area contributed by atoms with Crippen LogP contribution in [0.2, 0.25) is 0 Å². The van der Waals surface area contributed by atoms with Crippen LogP contribution >= 0.6 is 0 Å². The number of aliphatic hydroxyl groups excluding tert-OH is 3. The SMILES string of the molecule is Nc1ncn([C@@H]2O[C@H](C(O)CCCCCCCC/C=C\CCCCCCCC(=O)O)[C@@H](O)[C@H]2O)c(=O)n1. The van der Waals surface area contributed by atoms with E-state index in [1.807, 2.05) is 0 Å². The van der Waals surface area contributed by atoms with Gasteiger partial charge in [0, 0.05) is 6.42 Å². The second-order valence-electron chi connectivity index (χ2n) is 9.81. The summed E-state index contributed by atoms with van der Waals surface area (Å²) < 4.78 is 6.57. The van der Waals surface area contributed by atoms with Crippen molar-refractivity contribution in [2.45, 2.75) is 127 Å². The Balaban J connectivity index is 1.48. The van der Waals surface area contributed by atoms with Crippen LogP contribution in [0.25, 0.3) is 0 Å².